The highest BCUT2D eigenvalue weighted by Gasteiger charge is 2.42. The number of benzene rings is 1. The first kappa shape index (κ1) is 18.9. The minimum Gasteiger partial charge on any atom is -0.480 e. The van der Waals surface area contributed by atoms with Gasteiger partial charge in [0, 0.05) is 24.7 Å². The van der Waals surface area contributed by atoms with Crippen molar-refractivity contribution < 1.29 is 36.8 Å². The van der Waals surface area contributed by atoms with Crippen LogP contribution in [0.3, 0.4) is 0 Å². The van der Waals surface area contributed by atoms with Crippen LogP contribution in [0.25, 0.3) is 0 Å². The maximum atomic E-state index is 12.9. The molecular weight excluding hydrogens is 352 g/mol. The average molecular weight is 366 g/mol. The van der Waals surface area contributed by atoms with E-state index < -0.39 is 41.2 Å². The lowest BCUT2D eigenvalue weighted by Crippen LogP contribution is -2.40. The molecule has 0 bridgehead atoms. The van der Waals surface area contributed by atoms with E-state index in [-0.39, 0.29) is 5.56 Å². The van der Waals surface area contributed by atoms with E-state index in [0.29, 0.717) is 26.3 Å². The van der Waals surface area contributed by atoms with Gasteiger partial charge in [-0.15, -0.1) is 0 Å². The minimum atomic E-state index is -4.45. The van der Waals surface area contributed by atoms with Gasteiger partial charge in [0.1, 0.15) is 0 Å². The summed E-state index contributed by atoms with van der Waals surface area (Å²) in [7, 11) is 0. The van der Waals surface area contributed by atoms with E-state index >= 15 is 0 Å². The van der Waals surface area contributed by atoms with Gasteiger partial charge in [-0.05, 0) is 12.1 Å². The number of amides is 1. The predicted molar refractivity (Wildman–Crippen MR) is 76.3 cm³/mol. The normalized spacial score (nSPS) is 15.3. The van der Waals surface area contributed by atoms with E-state index in [1.54, 1.807) is 0 Å². The maximum Gasteiger partial charge on any atom is 0.340 e. The van der Waals surface area contributed by atoms with Crippen molar-refractivity contribution in [2.24, 2.45) is 0 Å². The van der Waals surface area contributed by atoms with Crippen molar-refractivity contribution in [2.75, 3.05) is 32.9 Å². The van der Waals surface area contributed by atoms with Crippen LogP contribution in [0.2, 0.25) is 0 Å². The second-order valence-corrected chi connectivity index (χ2v) is 5.19. The number of nitro groups is 1. The van der Waals surface area contributed by atoms with Crippen LogP contribution in [0.5, 0.6) is 5.75 Å². The second-order valence-electron chi connectivity index (χ2n) is 5.19. The number of hydrogen-bond donors (Lipinski definition) is 0. The summed E-state index contributed by atoms with van der Waals surface area (Å²) < 4.78 is 59.6. The first-order valence-corrected chi connectivity index (χ1v) is 7.16. The molecule has 1 aromatic carbocycles. The summed E-state index contributed by atoms with van der Waals surface area (Å²) in [5.74, 6) is -5.56. The Balaban J connectivity index is 2.19. The molecule has 1 amide bonds. The van der Waals surface area contributed by atoms with Crippen LogP contribution in [0.1, 0.15) is 10.4 Å². The fourth-order valence-electron chi connectivity index (χ4n) is 2.10. The van der Waals surface area contributed by atoms with Crippen LogP contribution in [0, 0.1) is 10.1 Å². The molecule has 2 rings (SSSR count). The molecule has 1 fully saturated rings. The van der Waals surface area contributed by atoms with E-state index in [1.165, 1.54) is 4.90 Å². The highest BCUT2D eigenvalue weighted by atomic mass is 19.3. The van der Waals surface area contributed by atoms with E-state index in [4.69, 9.17) is 4.74 Å². The lowest BCUT2D eigenvalue weighted by atomic mass is 10.1. The molecule has 0 atom stereocenters. The molecule has 1 aliphatic rings. The molecule has 0 spiro atoms. The standard InChI is InChI=1S/C14H14F4N2O5/c15-13(16)14(17,18)8-25-11-2-1-9(7-10(11)20(22)23)12(21)19-3-5-24-6-4-19/h1-2,7,13H,3-6,8H2. The monoisotopic (exact) mass is 366 g/mol. The maximum absolute atomic E-state index is 12.9. The van der Waals surface area contributed by atoms with Gasteiger partial charge in [0.05, 0.1) is 18.1 Å². The molecule has 0 saturated carbocycles. The topological polar surface area (TPSA) is 81.9 Å². The Morgan fingerprint density at radius 2 is 2.00 bits per heavy atom. The number of nitrogens with zero attached hydrogens (tertiary/aromatic N) is 2. The number of hydrogen-bond acceptors (Lipinski definition) is 5. The van der Waals surface area contributed by atoms with Crippen molar-refractivity contribution in [2.45, 2.75) is 12.3 Å². The lowest BCUT2D eigenvalue weighted by molar-refractivity contribution is -0.386. The van der Waals surface area contributed by atoms with E-state index in [2.05, 4.69) is 4.74 Å². The van der Waals surface area contributed by atoms with Crippen molar-refractivity contribution >= 4 is 11.6 Å². The third-order valence-electron chi connectivity index (χ3n) is 3.44. The Morgan fingerprint density at radius 1 is 1.36 bits per heavy atom. The molecule has 1 aliphatic heterocycles. The summed E-state index contributed by atoms with van der Waals surface area (Å²) in [5.41, 5.74) is -0.800. The second kappa shape index (κ2) is 7.64. The molecule has 1 saturated heterocycles. The number of halogens is 4. The molecule has 0 aromatic heterocycles. The number of alkyl halides is 4. The van der Waals surface area contributed by atoms with E-state index in [1.807, 2.05) is 0 Å². The third kappa shape index (κ3) is 4.56. The average Bonchev–Trinajstić information content (AvgIpc) is 2.59. The molecule has 0 aliphatic carbocycles. The Morgan fingerprint density at radius 3 is 2.56 bits per heavy atom. The van der Waals surface area contributed by atoms with E-state index in [0.717, 1.165) is 18.2 Å². The van der Waals surface area contributed by atoms with Gasteiger partial charge in [0.15, 0.2) is 12.4 Å². The molecule has 0 unspecified atom stereocenters. The van der Waals surface area contributed by atoms with Crippen LogP contribution < -0.4 is 4.74 Å². The fourth-order valence-corrected chi connectivity index (χ4v) is 2.10. The van der Waals surface area contributed by atoms with Gasteiger partial charge in [-0.2, -0.15) is 8.78 Å². The Labute approximate surface area is 139 Å². The van der Waals surface area contributed by atoms with Gasteiger partial charge >= 0.3 is 18.0 Å². The van der Waals surface area contributed by atoms with Crippen molar-refractivity contribution in [3.63, 3.8) is 0 Å². The Kier molecular flexibility index (Phi) is 5.77. The van der Waals surface area contributed by atoms with Gasteiger partial charge < -0.3 is 14.4 Å². The van der Waals surface area contributed by atoms with Crippen LogP contribution in [0.15, 0.2) is 18.2 Å². The van der Waals surface area contributed by atoms with Gasteiger partial charge in [0.2, 0.25) is 0 Å². The summed E-state index contributed by atoms with van der Waals surface area (Å²) in [6, 6.07) is 2.96. The number of nitro benzene ring substituents is 1. The third-order valence-corrected chi connectivity index (χ3v) is 3.44. The molecule has 0 radical (unpaired) electrons. The van der Waals surface area contributed by atoms with Gasteiger partial charge in [-0.1, -0.05) is 0 Å². The number of carbonyl (C=O) groups is 1. The summed E-state index contributed by atoms with van der Waals surface area (Å²) >= 11 is 0. The zero-order chi connectivity index (χ0) is 18.6. The first-order valence-electron chi connectivity index (χ1n) is 7.16. The number of morpholine rings is 1. The Hall–Kier alpha value is -2.43. The summed E-state index contributed by atoms with van der Waals surface area (Å²) in [5, 5.41) is 11.1. The quantitative estimate of drug-likeness (QED) is 0.439. The molecule has 25 heavy (non-hydrogen) atoms. The van der Waals surface area contributed by atoms with Crippen LogP contribution >= 0.6 is 0 Å². The van der Waals surface area contributed by atoms with Gasteiger partial charge in [0.25, 0.3) is 5.91 Å². The SMILES string of the molecule is O=C(c1ccc(OCC(F)(F)C(F)F)c([N+](=O)[O-])c1)N1CCOCC1. The highest BCUT2D eigenvalue weighted by Crippen LogP contribution is 2.31. The van der Waals surface area contributed by atoms with Gasteiger partial charge in [-0.25, -0.2) is 8.78 Å². The van der Waals surface area contributed by atoms with Crippen molar-refractivity contribution in [1.82, 2.24) is 4.90 Å². The molecule has 11 heteroatoms. The summed E-state index contributed by atoms with van der Waals surface area (Å²) in [4.78, 5) is 23.8. The predicted octanol–water partition coefficient (Wildman–Crippen LogP) is 2.35. The van der Waals surface area contributed by atoms with Crippen LogP contribution in [-0.4, -0.2) is 61.0 Å². The molecule has 138 valence electrons. The van der Waals surface area contributed by atoms with Crippen molar-refractivity contribution in [1.29, 1.82) is 0 Å². The molecule has 1 heterocycles. The van der Waals surface area contributed by atoms with Crippen molar-refractivity contribution in [3.8, 4) is 5.75 Å². The number of carbonyl (C=O) groups excluding carboxylic acids is 1. The minimum absolute atomic E-state index is 0.0402. The van der Waals surface area contributed by atoms with Crippen LogP contribution in [-0.2, 0) is 4.74 Å². The number of ether oxygens (including phenoxy) is 2. The van der Waals surface area contributed by atoms with Crippen LogP contribution in [0.4, 0.5) is 23.2 Å². The molecule has 1 aromatic rings. The summed E-state index contributed by atoms with van der Waals surface area (Å²) in [6.07, 6.45) is -3.96. The van der Waals surface area contributed by atoms with Gasteiger partial charge in [-0.3, -0.25) is 14.9 Å². The molecule has 7 nitrogen and oxygen atoms in total. The van der Waals surface area contributed by atoms with E-state index in [9.17, 15) is 32.5 Å². The largest absolute Gasteiger partial charge is 0.480 e. The highest BCUT2D eigenvalue weighted by molar-refractivity contribution is 5.95. The number of rotatable bonds is 6. The Bertz CT molecular complexity index is 650. The fraction of sp³-hybridized carbons (Fsp3) is 0.500. The lowest BCUT2D eigenvalue weighted by Gasteiger charge is -2.26. The zero-order valence-corrected chi connectivity index (χ0v) is 12.8. The smallest absolute Gasteiger partial charge is 0.340 e. The first-order chi connectivity index (χ1) is 11.7. The zero-order valence-electron chi connectivity index (χ0n) is 12.8. The molecular formula is C14H14F4N2O5. The summed E-state index contributed by atoms with van der Waals surface area (Å²) in [6.45, 7) is -0.436. The van der Waals surface area contributed by atoms with Crippen molar-refractivity contribution in [3.05, 3.63) is 33.9 Å². The molecule has 0 N–H and O–H groups in total.